The molecule has 1 aromatic heterocycles. The van der Waals surface area contributed by atoms with Gasteiger partial charge in [-0.1, -0.05) is 24.3 Å². The van der Waals surface area contributed by atoms with E-state index in [9.17, 15) is 9.59 Å². The van der Waals surface area contributed by atoms with Crippen molar-refractivity contribution >= 4 is 40.3 Å². The van der Waals surface area contributed by atoms with Crippen molar-refractivity contribution in [2.75, 3.05) is 10.6 Å². The van der Waals surface area contributed by atoms with E-state index in [4.69, 9.17) is 11.0 Å². The quantitative estimate of drug-likeness (QED) is 0.573. The number of aryl methyl sites for hydroxylation is 1. The highest BCUT2D eigenvalue weighted by Gasteiger charge is 2.07. The van der Waals surface area contributed by atoms with Gasteiger partial charge >= 0.3 is 6.03 Å². The third kappa shape index (κ3) is 4.56. The van der Waals surface area contributed by atoms with Crippen LogP contribution < -0.4 is 16.4 Å². The van der Waals surface area contributed by atoms with Crippen LogP contribution in [0.15, 0.2) is 60.8 Å². The molecule has 0 aliphatic heterocycles. The second-order valence-corrected chi connectivity index (χ2v) is 6.10. The molecule has 0 spiro atoms. The third-order valence-corrected chi connectivity index (χ3v) is 4.10. The number of para-hydroxylation sites is 1. The normalized spacial score (nSPS) is 10.7. The largest absolute Gasteiger partial charge is 0.351 e. The molecule has 4 N–H and O–H groups in total. The monoisotopic (exact) mass is 373 g/mol. The zero-order valence-electron chi connectivity index (χ0n) is 15.1. The average molecular weight is 373 g/mol. The van der Waals surface area contributed by atoms with E-state index in [1.165, 1.54) is 6.08 Å². The molecule has 3 aromatic rings. The number of urea groups is 1. The fraction of sp³-hybridized carbons (Fsp3) is 0.0952. The summed E-state index contributed by atoms with van der Waals surface area (Å²) in [7, 11) is 0. The number of nitriles is 1. The van der Waals surface area contributed by atoms with Gasteiger partial charge in [0.05, 0.1) is 12.5 Å². The van der Waals surface area contributed by atoms with Crippen molar-refractivity contribution in [2.45, 2.75) is 13.0 Å². The van der Waals surface area contributed by atoms with E-state index in [1.807, 2.05) is 35.0 Å². The topological polar surface area (TPSA) is 113 Å². The Morgan fingerprint density at radius 2 is 1.86 bits per heavy atom. The van der Waals surface area contributed by atoms with E-state index in [0.717, 1.165) is 16.5 Å². The van der Waals surface area contributed by atoms with Gasteiger partial charge in [0.15, 0.2) is 0 Å². The van der Waals surface area contributed by atoms with Gasteiger partial charge in [-0.2, -0.15) is 5.26 Å². The van der Waals surface area contributed by atoms with Crippen molar-refractivity contribution < 1.29 is 9.59 Å². The molecule has 0 atom stereocenters. The van der Waals surface area contributed by atoms with Gasteiger partial charge in [-0.3, -0.25) is 4.79 Å². The molecular weight excluding hydrogens is 354 g/mol. The number of rotatable bonds is 6. The van der Waals surface area contributed by atoms with Crippen molar-refractivity contribution in [1.82, 2.24) is 4.57 Å². The molecule has 0 aliphatic rings. The van der Waals surface area contributed by atoms with Gasteiger partial charge in [0.25, 0.3) is 0 Å². The number of hydrogen-bond acceptors (Lipinski definition) is 3. The number of nitrogens with zero attached hydrogens (tertiary/aromatic N) is 2. The zero-order chi connectivity index (χ0) is 19.9. The number of primary amides is 1. The minimum Gasteiger partial charge on any atom is -0.351 e. The lowest BCUT2D eigenvalue weighted by atomic mass is 10.1. The van der Waals surface area contributed by atoms with Crippen molar-refractivity contribution in [2.24, 2.45) is 5.73 Å². The highest BCUT2D eigenvalue weighted by atomic mass is 16.2. The van der Waals surface area contributed by atoms with Crippen LogP contribution in [0.4, 0.5) is 16.2 Å². The maximum absolute atomic E-state index is 12.3. The molecule has 0 saturated heterocycles. The first-order valence-corrected chi connectivity index (χ1v) is 8.67. The van der Waals surface area contributed by atoms with Gasteiger partial charge in [-0.15, -0.1) is 0 Å². The molecule has 7 heteroatoms. The van der Waals surface area contributed by atoms with Gasteiger partial charge in [0.1, 0.15) is 0 Å². The van der Waals surface area contributed by atoms with Gasteiger partial charge < -0.3 is 20.9 Å². The maximum Gasteiger partial charge on any atom is 0.316 e. The van der Waals surface area contributed by atoms with Crippen molar-refractivity contribution in [3.05, 3.63) is 66.4 Å². The number of nitrogens with one attached hydrogen (secondary N) is 2. The van der Waals surface area contributed by atoms with Crippen LogP contribution >= 0.6 is 0 Å². The molecule has 0 unspecified atom stereocenters. The first-order chi connectivity index (χ1) is 13.6. The molecule has 0 aliphatic carbocycles. The number of fused-ring (bicyclic) bond motifs is 1. The van der Waals surface area contributed by atoms with E-state index in [2.05, 4.69) is 16.7 Å². The number of carbonyl (C=O) groups is 2. The zero-order valence-corrected chi connectivity index (χ0v) is 15.1. The Labute approximate surface area is 162 Å². The van der Waals surface area contributed by atoms with Crippen LogP contribution in [0.2, 0.25) is 0 Å². The highest BCUT2D eigenvalue weighted by Crippen LogP contribution is 2.23. The summed E-state index contributed by atoms with van der Waals surface area (Å²) < 4.78 is 2.01. The number of hydrogen-bond donors (Lipinski definition) is 3. The second-order valence-electron chi connectivity index (χ2n) is 6.10. The lowest BCUT2D eigenvalue weighted by Gasteiger charge is -2.05. The van der Waals surface area contributed by atoms with Crippen molar-refractivity contribution in [1.29, 1.82) is 5.26 Å². The van der Waals surface area contributed by atoms with Crippen LogP contribution in [0.1, 0.15) is 12.0 Å². The maximum atomic E-state index is 12.3. The Hall–Kier alpha value is -4.05. The minimum atomic E-state index is -0.670. The van der Waals surface area contributed by atoms with Gasteiger partial charge in [0.2, 0.25) is 5.91 Å². The summed E-state index contributed by atoms with van der Waals surface area (Å²) in [6.45, 7) is 0.594. The standard InChI is InChI=1S/C21H19N5O2/c22-11-4-12-26-14-15(18-7-1-2-8-19(18)26)9-10-20(27)24-16-5-3-6-17(13-16)25-21(23)28/h1-3,5-10,13-14H,4,12H2,(H,24,27)(H3,23,25,28)/b10-9+. The SMILES string of the molecule is N#CCCn1cc(/C=C/C(=O)Nc2cccc(NC(N)=O)c2)c2ccccc21. The molecular formula is C21H19N5O2. The summed E-state index contributed by atoms with van der Waals surface area (Å²) in [5, 5.41) is 15.0. The summed E-state index contributed by atoms with van der Waals surface area (Å²) >= 11 is 0. The number of nitrogens with two attached hydrogens (primary N) is 1. The van der Waals surface area contributed by atoms with E-state index in [-0.39, 0.29) is 5.91 Å². The smallest absolute Gasteiger partial charge is 0.316 e. The lowest BCUT2D eigenvalue weighted by Crippen LogP contribution is -2.19. The summed E-state index contributed by atoms with van der Waals surface area (Å²) in [5.41, 5.74) is 8.04. The lowest BCUT2D eigenvalue weighted by molar-refractivity contribution is -0.111. The van der Waals surface area contributed by atoms with E-state index < -0.39 is 6.03 Å². The van der Waals surface area contributed by atoms with E-state index in [1.54, 1.807) is 30.3 Å². The molecule has 0 bridgehead atoms. The Morgan fingerprint density at radius 1 is 1.11 bits per heavy atom. The first kappa shape index (κ1) is 18.7. The van der Waals surface area contributed by atoms with Crippen molar-refractivity contribution in [3.8, 4) is 6.07 Å². The summed E-state index contributed by atoms with van der Waals surface area (Å²) in [6, 6.07) is 16.0. The first-order valence-electron chi connectivity index (χ1n) is 8.67. The fourth-order valence-electron chi connectivity index (χ4n) is 2.93. The van der Waals surface area contributed by atoms with Crippen LogP contribution in [0.25, 0.3) is 17.0 Å². The Kier molecular flexibility index (Phi) is 5.72. The Morgan fingerprint density at radius 3 is 2.61 bits per heavy atom. The second kappa shape index (κ2) is 8.56. The van der Waals surface area contributed by atoms with Crippen LogP contribution in [0, 0.1) is 11.3 Å². The molecule has 0 fully saturated rings. The van der Waals surface area contributed by atoms with Crippen LogP contribution in [-0.2, 0) is 11.3 Å². The summed E-state index contributed by atoms with van der Waals surface area (Å²) in [5.74, 6) is -0.301. The predicted molar refractivity (Wildman–Crippen MR) is 109 cm³/mol. The molecule has 3 amide bonds. The average Bonchev–Trinajstić information content (AvgIpc) is 3.02. The Balaban J connectivity index is 1.76. The number of anilines is 2. The van der Waals surface area contributed by atoms with E-state index >= 15 is 0 Å². The number of benzene rings is 2. The van der Waals surface area contributed by atoms with E-state index in [0.29, 0.717) is 24.3 Å². The fourth-order valence-corrected chi connectivity index (χ4v) is 2.93. The number of aromatic nitrogens is 1. The molecule has 3 rings (SSSR count). The molecule has 0 saturated carbocycles. The summed E-state index contributed by atoms with van der Waals surface area (Å²) in [4.78, 5) is 23.2. The summed E-state index contributed by atoms with van der Waals surface area (Å²) in [6.07, 6.45) is 5.54. The van der Waals surface area contributed by atoms with Crippen molar-refractivity contribution in [3.63, 3.8) is 0 Å². The van der Waals surface area contributed by atoms with Gasteiger partial charge in [-0.05, 0) is 30.3 Å². The minimum absolute atomic E-state index is 0.301. The molecule has 1 heterocycles. The molecule has 140 valence electrons. The number of carbonyl (C=O) groups excluding carboxylic acids is 2. The van der Waals surface area contributed by atoms with Crippen LogP contribution in [0.3, 0.4) is 0 Å². The molecule has 2 aromatic carbocycles. The van der Waals surface area contributed by atoms with Gasteiger partial charge in [-0.25, -0.2) is 4.79 Å². The van der Waals surface area contributed by atoms with Crippen LogP contribution in [-0.4, -0.2) is 16.5 Å². The molecule has 0 radical (unpaired) electrons. The molecule has 28 heavy (non-hydrogen) atoms. The molecule has 7 nitrogen and oxygen atoms in total. The predicted octanol–water partition coefficient (Wildman–Crippen LogP) is 3.70. The van der Waals surface area contributed by atoms with Crippen LogP contribution in [0.5, 0.6) is 0 Å². The highest BCUT2D eigenvalue weighted by molar-refractivity contribution is 6.04. The van der Waals surface area contributed by atoms with Gasteiger partial charge in [0, 0.05) is 46.7 Å². The number of amides is 3. The third-order valence-electron chi connectivity index (χ3n) is 4.10. The Bertz CT molecular complexity index is 1090.